The molecule has 0 aliphatic carbocycles. The standard InChI is InChI=1S/C24H31N7O7/c1-2-26-22(37)18(36)19-16(34)17(35)23(38-19)31-11-28-15-20(25)29-24(30-21(15)31)27-10-9-13-5-3-12(4-6-13)7-8-14(32)33/h3-6,11,16-19,23,34-36H,2,7-10H2,1H3,(H,26,37)(H,32,33)(H3,25,27,29,30)/t16-,17+,18?,19-,23+/m0/s1. The number of nitrogens with two attached hydrogens (primary N) is 1. The Labute approximate surface area is 217 Å². The minimum absolute atomic E-state index is 0.0794. The van der Waals surface area contributed by atoms with Crippen molar-refractivity contribution in [2.24, 2.45) is 0 Å². The smallest absolute Gasteiger partial charge is 0.303 e. The number of hydrogen-bond donors (Lipinski definition) is 7. The van der Waals surface area contributed by atoms with E-state index in [2.05, 4.69) is 25.6 Å². The molecule has 204 valence electrons. The Morgan fingerprint density at radius 3 is 2.47 bits per heavy atom. The highest BCUT2D eigenvalue weighted by Gasteiger charge is 2.49. The number of carboxylic acid groups (broad SMARTS) is 1. The molecule has 4 rings (SSSR count). The van der Waals surface area contributed by atoms with Crippen LogP contribution >= 0.6 is 0 Å². The Morgan fingerprint density at radius 1 is 1.13 bits per heavy atom. The van der Waals surface area contributed by atoms with Crippen LogP contribution in [-0.4, -0.2) is 89.3 Å². The lowest BCUT2D eigenvalue weighted by Gasteiger charge is -2.20. The van der Waals surface area contributed by atoms with Crippen LogP contribution in [-0.2, 0) is 27.2 Å². The van der Waals surface area contributed by atoms with Crippen molar-refractivity contribution in [2.45, 2.75) is 56.8 Å². The Hall–Kier alpha value is -3.85. The first kappa shape index (κ1) is 27.2. The van der Waals surface area contributed by atoms with Gasteiger partial charge in [-0.15, -0.1) is 0 Å². The molecule has 2 aromatic heterocycles. The molecule has 1 aliphatic rings. The minimum Gasteiger partial charge on any atom is -0.481 e. The van der Waals surface area contributed by atoms with Gasteiger partial charge in [0, 0.05) is 19.5 Å². The van der Waals surface area contributed by atoms with Gasteiger partial charge in [-0.3, -0.25) is 14.2 Å². The first-order chi connectivity index (χ1) is 18.2. The summed E-state index contributed by atoms with van der Waals surface area (Å²) >= 11 is 0. The van der Waals surface area contributed by atoms with Gasteiger partial charge in [0.25, 0.3) is 5.91 Å². The third kappa shape index (κ3) is 5.83. The van der Waals surface area contributed by atoms with Crippen LogP contribution in [0.4, 0.5) is 11.8 Å². The van der Waals surface area contributed by atoms with E-state index < -0.39 is 42.5 Å². The number of likely N-dealkylation sites (N-methyl/N-ethyl adjacent to an activating group) is 1. The van der Waals surface area contributed by atoms with Gasteiger partial charge in [0.2, 0.25) is 5.95 Å². The Kier molecular flexibility index (Phi) is 8.36. The number of imidazole rings is 1. The molecule has 14 nitrogen and oxygen atoms in total. The zero-order chi connectivity index (χ0) is 27.4. The van der Waals surface area contributed by atoms with Crippen LogP contribution in [0, 0.1) is 0 Å². The molecule has 14 heteroatoms. The van der Waals surface area contributed by atoms with Crippen molar-refractivity contribution < 1.29 is 34.8 Å². The van der Waals surface area contributed by atoms with Crippen molar-refractivity contribution in [1.29, 1.82) is 0 Å². The average Bonchev–Trinajstić information content (AvgIpc) is 3.44. The summed E-state index contributed by atoms with van der Waals surface area (Å²) in [7, 11) is 0. The maximum atomic E-state index is 12.0. The van der Waals surface area contributed by atoms with E-state index >= 15 is 0 Å². The monoisotopic (exact) mass is 529 g/mol. The second-order valence-corrected chi connectivity index (χ2v) is 8.96. The largest absolute Gasteiger partial charge is 0.481 e. The summed E-state index contributed by atoms with van der Waals surface area (Å²) in [5.74, 6) is -1.27. The first-order valence-corrected chi connectivity index (χ1v) is 12.2. The van der Waals surface area contributed by atoms with Gasteiger partial charge in [0.05, 0.1) is 6.33 Å². The summed E-state index contributed by atoms with van der Waals surface area (Å²) in [4.78, 5) is 35.6. The summed E-state index contributed by atoms with van der Waals surface area (Å²) < 4.78 is 7.05. The molecule has 3 heterocycles. The van der Waals surface area contributed by atoms with E-state index in [1.165, 1.54) is 10.9 Å². The van der Waals surface area contributed by atoms with E-state index in [0.29, 0.717) is 19.4 Å². The Bertz CT molecular complexity index is 1280. The zero-order valence-electron chi connectivity index (χ0n) is 20.7. The van der Waals surface area contributed by atoms with Crippen molar-refractivity contribution in [3.05, 3.63) is 41.7 Å². The van der Waals surface area contributed by atoms with Crippen LogP contribution in [0.1, 0.15) is 30.7 Å². The van der Waals surface area contributed by atoms with E-state index in [0.717, 1.165) is 11.1 Å². The van der Waals surface area contributed by atoms with Crippen LogP contribution in [0.15, 0.2) is 30.6 Å². The highest BCUT2D eigenvalue weighted by Crippen LogP contribution is 2.33. The lowest BCUT2D eigenvalue weighted by molar-refractivity contribution is -0.143. The second-order valence-electron chi connectivity index (χ2n) is 8.96. The molecule has 0 saturated carbocycles. The van der Waals surface area contributed by atoms with Crippen LogP contribution in [0.3, 0.4) is 0 Å². The van der Waals surface area contributed by atoms with E-state index in [4.69, 9.17) is 15.6 Å². The van der Waals surface area contributed by atoms with E-state index in [1.54, 1.807) is 6.92 Å². The molecule has 5 atom stereocenters. The molecule has 1 unspecified atom stereocenters. The van der Waals surface area contributed by atoms with Crippen LogP contribution in [0.5, 0.6) is 0 Å². The molecular weight excluding hydrogens is 498 g/mol. The third-order valence-corrected chi connectivity index (χ3v) is 6.28. The molecule has 1 aromatic carbocycles. The fraction of sp³-hybridized carbons (Fsp3) is 0.458. The highest BCUT2D eigenvalue weighted by molar-refractivity contribution is 5.83. The normalized spacial score (nSPS) is 21.9. The van der Waals surface area contributed by atoms with E-state index in [1.807, 2.05) is 24.3 Å². The second kappa shape index (κ2) is 11.7. The number of aliphatic carboxylic acids is 1. The lowest BCUT2D eigenvalue weighted by Crippen LogP contribution is -2.47. The zero-order valence-corrected chi connectivity index (χ0v) is 20.7. The molecule has 0 spiro atoms. The van der Waals surface area contributed by atoms with Crippen molar-refractivity contribution in [3.63, 3.8) is 0 Å². The molecule has 1 fully saturated rings. The molecule has 3 aromatic rings. The summed E-state index contributed by atoms with van der Waals surface area (Å²) in [6.45, 7) is 2.43. The lowest BCUT2D eigenvalue weighted by atomic mass is 10.1. The number of carbonyl (C=O) groups excluding carboxylic acids is 1. The van der Waals surface area contributed by atoms with E-state index in [-0.39, 0.29) is 35.9 Å². The maximum Gasteiger partial charge on any atom is 0.303 e. The van der Waals surface area contributed by atoms with Crippen LogP contribution in [0.2, 0.25) is 0 Å². The molecule has 0 radical (unpaired) electrons. The predicted octanol–water partition coefficient (Wildman–Crippen LogP) is -0.803. The van der Waals surface area contributed by atoms with Gasteiger partial charge in [0.1, 0.15) is 23.8 Å². The molecule has 8 N–H and O–H groups in total. The van der Waals surface area contributed by atoms with Gasteiger partial charge in [-0.05, 0) is 30.9 Å². The summed E-state index contributed by atoms with van der Waals surface area (Å²) in [5, 5.41) is 45.7. The fourth-order valence-electron chi connectivity index (χ4n) is 4.25. The number of aliphatic hydroxyl groups is 3. The van der Waals surface area contributed by atoms with Crippen molar-refractivity contribution in [1.82, 2.24) is 24.8 Å². The summed E-state index contributed by atoms with van der Waals surface area (Å²) in [6, 6.07) is 7.66. The van der Waals surface area contributed by atoms with Crippen molar-refractivity contribution in [2.75, 3.05) is 24.1 Å². The minimum atomic E-state index is -1.69. The number of anilines is 2. The quantitative estimate of drug-likeness (QED) is 0.162. The number of rotatable bonds is 11. The van der Waals surface area contributed by atoms with Gasteiger partial charge in [-0.2, -0.15) is 9.97 Å². The molecule has 0 bridgehead atoms. The Morgan fingerprint density at radius 2 is 1.82 bits per heavy atom. The fourth-order valence-corrected chi connectivity index (χ4v) is 4.25. The predicted molar refractivity (Wildman–Crippen MR) is 135 cm³/mol. The van der Waals surface area contributed by atoms with Crippen LogP contribution in [0.25, 0.3) is 11.2 Å². The topological polar surface area (TPSA) is 218 Å². The number of ether oxygens (including phenoxy) is 1. The number of nitrogen functional groups attached to an aromatic ring is 1. The number of nitrogens with one attached hydrogen (secondary N) is 2. The average molecular weight is 530 g/mol. The van der Waals surface area contributed by atoms with Gasteiger partial charge in [0.15, 0.2) is 23.8 Å². The number of fused-ring (bicyclic) bond motifs is 1. The molecule has 1 aliphatic heterocycles. The number of aliphatic hydroxyl groups excluding tert-OH is 3. The number of carbonyl (C=O) groups is 2. The molecular formula is C24H31N7O7. The first-order valence-electron chi connectivity index (χ1n) is 12.2. The number of carboxylic acids is 1. The highest BCUT2D eigenvalue weighted by atomic mass is 16.6. The van der Waals surface area contributed by atoms with Crippen molar-refractivity contribution >= 4 is 34.8 Å². The number of aromatic nitrogens is 4. The van der Waals surface area contributed by atoms with Gasteiger partial charge < -0.3 is 41.5 Å². The van der Waals surface area contributed by atoms with Gasteiger partial charge in [-0.25, -0.2) is 4.98 Å². The molecule has 38 heavy (non-hydrogen) atoms. The maximum absolute atomic E-state index is 12.0. The van der Waals surface area contributed by atoms with Gasteiger partial charge in [-0.1, -0.05) is 24.3 Å². The third-order valence-electron chi connectivity index (χ3n) is 6.28. The Balaban J connectivity index is 1.45. The number of aryl methyl sites for hydroxylation is 1. The number of nitrogens with zero attached hydrogens (tertiary/aromatic N) is 4. The molecule has 1 amide bonds. The number of benzene rings is 1. The molecule has 1 saturated heterocycles. The number of hydrogen-bond acceptors (Lipinski definition) is 11. The van der Waals surface area contributed by atoms with E-state index in [9.17, 15) is 24.9 Å². The SMILES string of the molecule is CCNC(=O)C(O)[C@H]1O[C@@H](n2cnc3c(N)nc(NCCc4ccc(CCC(=O)O)cc4)nc32)[C@H](O)[C@@H]1O. The van der Waals surface area contributed by atoms with Gasteiger partial charge >= 0.3 is 5.97 Å². The van der Waals surface area contributed by atoms with Crippen LogP contribution < -0.4 is 16.4 Å². The summed E-state index contributed by atoms with van der Waals surface area (Å²) in [5.41, 5.74) is 8.54. The summed E-state index contributed by atoms with van der Waals surface area (Å²) in [6.07, 6.45) is -4.76. The van der Waals surface area contributed by atoms with Crippen molar-refractivity contribution in [3.8, 4) is 0 Å². The number of amides is 1.